The van der Waals surface area contributed by atoms with Crippen LogP contribution >= 0.6 is 0 Å². The van der Waals surface area contributed by atoms with Crippen LogP contribution in [0.2, 0.25) is 0 Å². The zero-order valence-corrected chi connectivity index (χ0v) is 23.3. The zero-order chi connectivity index (χ0) is 30.1. The van der Waals surface area contributed by atoms with Crippen LogP contribution in [0.5, 0.6) is 5.75 Å². The lowest BCUT2D eigenvalue weighted by atomic mass is 10.1. The third-order valence-corrected chi connectivity index (χ3v) is 6.09. The summed E-state index contributed by atoms with van der Waals surface area (Å²) in [5, 5.41) is 23.8. The molecule has 5 N–H and O–H groups in total. The monoisotopic (exact) mass is 563 g/mol. The number of hydrogen-bond donors (Lipinski definition) is 5. The molecule has 216 valence electrons. The van der Waals surface area contributed by atoms with E-state index in [1.165, 1.54) is 36.5 Å². The maximum atomic E-state index is 13.4. The second kappa shape index (κ2) is 13.8. The molecule has 3 amide bonds. The highest BCUT2D eigenvalue weighted by Crippen LogP contribution is 2.26. The molecule has 0 aliphatic heterocycles. The highest BCUT2D eigenvalue weighted by molar-refractivity contribution is 6.21. The first-order valence-corrected chi connectivity index (χ1v) is 13.0. The summed E-state index contributed by atoms with van der Waals surface area (Å²) in [7, 11) is 0. The molecule has 0 fully saturated rings. The van der Waals surface area contributed by atoms with Crippen LogP contribution in [0.4, 0.5) is 10.5 Å². The number of nitrogens with one attached hydrogen (secondary N) is 4. The number of amides is 3. The van der Waals surface area contributed by atoms with Crippen LogP contribution in [0.3, 0.4) is 0 Å². The smallest absolute Gasteiger partial charge is 0.423 e. The van der Waals surface area contributed by atoms with Crippen molar-refractivity contribution in [3.63, 3.8) is 0 Å². The molecular weight excluding hydrogens is 530 g/mol. The molecule has 0 saturated carbocycles. The standard InChI is InChI=1S/C29H33N5O7/c1-5-13-32-27(37)22-15-33-24(18(22)4)25(30)34(23-14-20(8-7-17(23)3)26(36)31-6-2)29(39)41-16-40-28(38)19-9-11-21(35)12-10-19/h7-12,14-15,30,33,35H,5-6,13,16H2,1-4H3,(H,31,36)(H,32,37). The molecule has 0 unspecified atom stereocenters. The maximum absolute atomic E-state index is 13.4. The quantitative estimate of drug-likeness (QED) is 0.107. The van der Waals surface area contributed by atoms with Gasteiger partial charge in [-0.15, -0.1) is 0 Å². The lowest BCUT2D eigenvalue weighted by Gasteiger charge is -2.25. The molecule has 0 aliphatic rings. The fourth-order valence-corrected chi connectivity index (χ4v) is 3.87. The Morgan fingerprint density at radius 2 is 1.63 bits per heavy atom. The van der Waals surface area contributed by atoms with Crippen LogP contribution in [0.1, 0.15) is 68.2 Å². The van der Waals surface area contributed by atoms with Gasteiger partial charge >= 0.3 is 12.1 Å². The van der Waals surface area contributed by atoms with Gasteiger partial charge in [0.05, 0.1) is 22.5 Å². The van der Waals surface area contributed by atoms with Crippen molar-refractivity contribution in [2.45, 2.75) is 34.1 Å². The topological polar surface area (TPSA) is 174 Å². The number of amidine groups is 1. The van der Waals surface area contributed by atoms with Gasteiger partial charge in [-0.3, -0.25) is 15.0 Å². The average molecular weight is 564 g/mol. The van der Waals surface area contributed by atoms with Crippen LogP contribution in [0, 0.1) is 19.3 Å². The number of aromatic nitrogens is 1. The van der Waals surface area contributed by atoms with E-state index < -0.39 is 18.9 Å². The van der Waals surface area contributed by atoms with Crippen molar-refractivity contribution in [2.24, 2.45) is 0 Å². The van der Waals surface area contributed by atoms with Crippen LogP contribution in [0.15, 0.2) is 48.7 Å². The van der Waals surface area contributed by atoms with Crippen molar-refractivity contribution < 1.29 is 33.8 Å². The van der Waals surface area contributed by atoms with Gasteiger partial charge in [0.25, 0.3) is 11.8 Å². The van der Waals surface area contributed by atoms with Gasteiger partial charge in [-0.05, 0) is 74.7 Å². The number of aromatic amines is 1. The Labute approximate surface area is 237 Å². The summed E-state index contributed by atoms with van der Waals surface area (Å²) < 4.78 is 10.3. The van der Waals surface area contributed by atoms with Crippen molar-refractivity contribution in [3.8, 4) is 5.75 Å². The van der Waals surface area contributed by atoms with Crippen LogP contribution in [0.25, 0.3) is 0 Å². The number of esters is 1. The number of ether oxygens (including phenoxy) is 2. The maximum Gasteiger partial charge on any atom is 0.423 e. The molecule has 0 atom stereocenters. The largest absolute Gasteiger partial charge is 0.508 e. The molecule has 0 spiro atoms. The summed E-state index contributed by atoms with van der Waals surface area (Å²) in [5.74, 6) is -1.88. The van der Waals surface area contributed by atoms with Crippen LogP contribution < -0.4 is 15.5 Å². The Kier molecular flexibility index (Phi) is 10.2. The first-order valence-electron chi connectivity index (χ1n) is 13.0. The number of carbonyl (C=O) groups is 4. The molecule has 0 aliphatic carbocycles. The molecule has 0 radical (unpaired) electrons. The van der Waals surface area contributed by atoms with E-state index in [4.69, 9.17) is 14.9 Å². The van der Waals surface area contributed by atoms with E-state index in [0.717, 1.165) is 11.3 Å². The fraction of sp³-hybridized carbons (Fsp3) is 0.276. The van der Waals surface area contributed by atoms with Crippen molar-refractivity contribution in [3.05, 3.63) is 82.2 Å². The molecule has 0 bridgehead atoms. The predicted molar refractivity (Wildman–Crippen MR) is 152 cm³/mol. The van der Waals surface area contributed by atoms with E-state index >= 15 is 0 Å². The van der Waals surface area contributed by atoms with Gasteiger partial charge in [-0.2, -0.15) is 0 Å². The molecule has 3 aromatic rings. The lowest BCUT2D eigenvalue weighted by molar-refractivity contribution is 0.0000921. The molecular formula is C29H33N5O7. The van der Waals surface area contributed by atoms with Gasteiger partial charge in [0.15, 0.2) is 5.84 Å². The van der Waals surface area contributed by atoms with Gasteiger partial charge in [-0.25, -0.2) is 14.5 Å². The summed E-state index contributed by atoms with van der Waals surface area (Å²) in [5.41, 5.74) is 2.02. The highest BCUT2D eigenvalue weighted by Gasteiger charge is 2.29. The van der Waals surface area contributed by atoms with Gasteiger partial charge in [0.2, 0.25) is 6.79 Å². The van der Waals surface area contributed by atoms with Gasteiger partial charge in [0, 0.05) is 24.8 Å². The van der Waals surface area contributed by atoms with Crippen LogP contribution in [-0.2, 0) is 9.47 Å². The lowest BCUT2D eigenvalue weighted by Crippen LogP contribution is -2.39. The van der Waals surface area contributed by atoms with Gasteiger partial charge < -0.3 is 30.2 Å². The Morgan fingerprint density at radius 1 is 0.951 bits per heavy atom. The first kappa shape index (κ1) is 30.4. The molecule has 12 nitrogen and oxygen atoms in total. The Morgan fingerprint density at radius 3 is 2.29 bits per heavy atom. The van der Waals surface area contributed by atoms with Crippen molar-refractivity contribution in [1.82, 2.24) is 15.6 Å². The van der Waals surface area contributed by atoms with Crippen molar-refractivity contribution in [2.75, 3.05) is 24.8 Å². The van der Waals surface area contributed by atoms with E-state index in [9.17, 15) is 24.3 Å². The van der Waals surface area contributed by atoms with Crippen LogP contribution in [-0.4, -0.2) is 59.7 Å². The minimum absolute atomic E-state index is 0.0297. The number of carbonyl (C=O) groups excluding carboxylic acids is 4. The van der Waals surface area contributed by atoms with Crippen molar-refractivity contribution >= 4 is 35.4 Å². The molecule has 0 saturated heterocycles. The fourth-order valence-electron chi connectivity index (χ4n) is 3.87. The van der Waals surface area contributed by atoms with Crippen molar-refractivity contribution in [1.29, 1.82) is 5.41 Å². The van der Waals surface area contributed by atoms with Gasteiger partial charge in [0.1, 0.15) is 5.75 Å². The Hall–Kier alpha value is -5.13. The van der Waals surface area contributed by atoms with E-state index in [-0.39, 0.29) is 45.9 Å². The molecule has 1 aromatic heterocycles. The number of benzene rings is 2. The second-order valence-electron chi connectivity index (χ2n) is 9.01. The average Bonchev–Trinajstić information content (AvgIpc) is 3.34. The third-order valence-electron chi connectivity index (χ3n) is 6.09. The SMILES string of the molecule is CCCNC(=O)c1c[nH]c(C(=N)N(C(=O)OCOC(=O)c2ccc(O)cc2)c2cc(C(=O)NCC)ccc2C)c1C. The van der Waals surface area contributed by atoms with E-state index in [1.54, 1.807) is 32.9 Å². The number of H-pyrrole nitrogens is 1. The molecule has 2 aromatic carbocycles. The Balaban J connectivity index is 1.93. The minimum Gasteiger partial charge on any atom is -0.508 e. The predicted octanol–water partition coefficient (Wildman–Crippen LogP) is 4.01. The second-order valence-corrected chi connectivity index (χ2v) is 9.01. The number of phenolic OH excluding ortho intramolecular Hbond substituents is 1. The first-order chi connectivity index (χ1) is 19.6. The summed E-state index contributed by atoms with van der Waals surface area (Å²) >= 11 is 0. The number of phenols is 1. The molecule has 41 heavy (non-hydrogen) atoms. The van der Waals surface area contributed by atoms with E-state index in [2.05, 4.69) is 15.6 Å². The summed E-state index contributed by atoms with van der Waals surface area (Å²) in [4.78, 5) is 54.7. The highest BCUT2D eigenvalue weighted by atomic mass is 16.7. The number of anilines is 1. The van der Waals surface area contributed by atoms with E-state index in [0.29, 0.717) is 29.8 Å². The molecule has 3 rings (SSSR count). The zero-order valence-electron chi connectivity index (χ0n) is 23.3. The molecule has 12 heteroatoms. The summed E-state index contributed by atoms with van der Waals surface area (Å²) in [6, 6.07) is 9.98. The minimum atomic E-state index is -1.06. The summed E-state index contributed by atoms with van der Waals surface area (Å²) in [6.07, 6.45) is 1.14. The normalized spacial score (nSPS) is 10.4. The molecule has 1 heterocycles. The number of nitrogens with zero attached hydrogens (tertiary/aromatic N) is 1. The number of aromatic hydroxyl groups is 1. The summed E-state index contributed by atoms with van der Waals surface area (Å²) in [6.45, 7) is 7.13. The Bertz CT molecular complexity index is 1450. The number of rotatable bonds is 10. The third kappa shape index (κ3) is 7.29. The van der Waals surface area contributed by atoms with E-state index in [1.807, 2.05) is 6.92 Å². The van der Waals surface area contributed by atoms with Gasteiger partial charge in [-0.1, -0.05) is 13.0 Å². The number of aryl methyl sites for hydroxylation is 1. The number of hydrogen-bond acceptors (Lipinski definition) is 8.